The number of fused-ring (bicyclic) bond motifs is 2. The predicted molar refractivity (Wildman–Crippen MR) is 115 cm³/mol. The molecule has 0 aliphatic heterocycles. The molecule has 1 amide bonds. The minimum Gasteiger partial charge on any atom is -0.465 e. The number of nitrogens with zero attached hydrogens (tertiary/aromatic N) is 1. The molecular formula is C24H24N2O4. The van der Waals surface area contributed by atoms with E-state index < -0.39 is 5.97 Å². The molecule has 30 heavy (non-hydrogen) atoms. The minimum atomic E-state index is -0.496. The predicted octanol–water partition coefficient (Wildman–Crippen LogP) is 4.24. The van der Waals surface area contributed by atoms with Gasteiger partial charge in [0.2, 0.25) is 0 Å². The highest BCUT2D eigenvalue weighted by molar-refractivity contribution is 6.07. The molecule has 154 valence electrons. The van der Waals surface area contributed by atoms with Crippen molar-refractivity contribution in [1.82, 2.24) is 10.3 Å². The van der Waals surface area contributed by atoms with E-state index in [-0.39, 0.29) is 12.5 Å². The van der Waals surface area contributed by atoms with Gasteiger partial charge in [-0.2, -0.15) is 0 Å². The Hall–Kier alpha value is -3.41. The van der Waals surface area contributed by atoms with E-state index in [9.17, 15) is 9.59 Å². The monoisotopic (exact) mass is 404 g/mol. The molecule has 0 saturated carbocycles. The average molecular weight is 404 g/mol. The smallest absolute Gasteiger partial charge is 0.339 e. The second kappa shape index (κ2) is 8.53. The number of aromatic nitrogens is 1. The van der Waals surface area contributed by atoms with Crippen molar-refractivity contribution in [3.63, 3.8) is 0 Å². The Morgan fingerprint density at radius 2 is 2.03 bits per heavy atom. The van der Waals surface area contributed by atoms with E-state index in [1.807, 2.05) is 56.3 Å². The maximum Gasteiger partial charge on any atom is 0.339 e. The first-order chi connectivity index (χ1) is 14.5. The fourth-order valence-corrected chi connectivity index (χ4v) is 3.63. The van der Waals surface area contributed by atoms with Crippen molar-refractivity contribution < 1.29 is 18.7 Å². The number of esters is 1. The normalized spacial score (nSPS) is 14.3. The first-order valence-electron chi connectivity index (χ1n) is 10.1. The Labute approximate surface area is 174 Å². The third-order valence-electron chi connectivity index (χ3n) is 5.05. The van der Waals surface area contributed by atoms with Crippen molar-refractivity contribution >= 4 is 34.4 Å². The second-order valence-corrected chi connectivity index (χ2v) is 7.79. The zero-order valence-electron chi connectivity index (χ0n) is 17.1. The van der Waals surface area contributed by atoms with E-state index in [1.165, 1.54) is 0 Å². The lowest BCUT2D eigenvalue weighted by Gasteiger charge is -2.13. The molecule has 1 aliphatic rings. The number of rotatable bonds is 6. The maximum atomic E-state index is 13.0. The number of allylic oxidation sites excluding steroid dienone is 1. The molecule has 4 rings (SSSR count). The number of hydrogen-bond donors (Lipinski definition) is 1. The van der Waals surface area contributed by atoms with Crippen molar-refractivity contribution in [2.45, 2.75) is 26.7 Å². The zero-order valence-corrected chi connectivity index (χ0v) is 17.1. The first kappa shape index (κ1) is 19.9. The molecule has 0 saturated heterocycles. The van der Waals surface area contributed by atoms with Gasteiger partial charge in [0.15, 0.2) is 6.61 Å². The summed E-state index contributed by atoms with van der Waals surface area (Å²) in [4.78, 5) is 29.8. The van der Waals surface area contributed by atoms with Crippen LogP contribution in [0.2, 0.25) is 0 Å². The first-order valence-corrected chi connectivity index (χ1v) is 10.1. The number of nitrogens with one attached hydrogen (secondary N) is 1. The highest BCUT2D eigenvalue weighted by atomic mass is 16.5. The molecule has 6 heteroatoms. The number of amides is 1. The summed E-state index contributed by atoms with van der Waals surface area (Å²) in [5, 5.41) is 3.50. The van der Waals surface area contributed by atoms with Crippen LogP contribution in [0.15, 0.2) is 47.1 Å². The zero-order chi connectivity index (χ0) is 21.1. The maximum absolute atomic E-state index is 13.0. The molecule has 1 N–H and O–H groups in total. The summed E-state index contributed by atoms with van der Waals surface area (Å²) in [6.45, 7) is 4.26. The summed E-state index contributed by atoms with van der Waals surface area (Å²) in [5.74, 6) is 0.282. The summed E-state index contributed by atoms with van der Waals surface area (Å²) >= 11 is 0. The Balaban J connectivity index is 1.66. The third-order valence-corrected chi connectivity index (χ3v) is 5.05. The van der Waals surface area contributed by atoms with E-state index in [4.69, 9.17) is 14.1 Å². The summed E-state index contributed by atoms with van der Waals surface area (Å²) in [7, 11) is 0. The van der Waals surface area contributed by atoms with E-state index in [1.54, 1.807) is 6.26 Å². The van der Waals surface area contributed by atoms with Crippen LogP contribution in [0.1, 0.15) is 47.6 Å². The molecule has 0 fully saturated rings. The molecule has 1 aliphatic carbocycles. The van der Waals surface area contributed by atoms with E-state index >= 15 is 0 Å². The van der Waals surface area contributed by atoms with Gasteiger partial charge in [-0.1, -0.05) is 32.0 Å². The van der Waals surface area contributed by atoms with Crippen LogP contribution in [0.5, 0.6) is 0 Å². The van der Waals surface area contributed by atoms with Gasteiger partial charge in [0.25, 0.3) is 5.91 Å². The summed E-state index contributed by atoms with van der Waals surface area (Å²) < 4.78 is 10.8. The van der Waals surface area contributed by atoms with Crippen LogP contribution in [-0.2, 0) is 16.0 Å². The Morgan fingerprint density at radius 3 is 2.80 bits per heavy atom. The number of ether oxygens (including phenoxy) is 1. The van der Waals surface area contributed by atoms with Crippen LogP contribution in [0, 0.1) is 5.92 Å². The molecule has 0 atom stereocenters. The van der Waals surface area contributed by atoms with E-state index in [2.05, 4.69) is 5.32 Å². The van der Waals surface area contributed by atoms with Crippen LogP contribution in [-0.4, -0.2) is 30.0 Å². The van der Waals surface area contributed by atoms with Gasteiger partial charge in [-0.05, 0) is 54.2 Å². The van der Waals surface area contributed by atoms with Gasteiger partial charge >= 0.3 is 5.97 Å². The standard InChI is InChI=1S/C24H24N2O4/c1-15(2)13-25-21(27)14-30-24(28)22-18-7-3-4-8-20(18)26-23-16(9-10-19(22)23)12-17-6-5-11-29-17/h3-8,11-12,15H,9-10,13-14H2,1-2H3,(H,25,27). The van der Waals surface area contributed by atoms with Gasteiger partial charge < -0.3 is 14.5 Å². The van der Waals surface area contributed by atoms with Gasteiger partial charge in [-0.15, -0.1) is 0 Å². The molecule has 1 aromatic carbocycles. The fraction of sp³-hybridized carbons (Fsp3) is 0.292. The summed E-state index contributed by atoms with van der Waals surface area (Å²) in [6, 6.07) is 11.2. The largest absolute Gasteiger partial charge is 0.465 e. The van der Waals surface area contributed by atoms with Gasteiger partial charge in [-0.25, -0.2) is 9.78 Å². The van der Waals surface area contributed by atoms with Crippen LogP contribution < -0.4 is 5.32 Å². The van der Waals surface area contributed by atoms with Gasteiger partial charge in [0.1, 0.15) is 5.76 Å². The number of pyridine rings is 1. The molecule has 0 spiro atoms. The topological polar surface area (TPSA) is 81.4 Å². The van der Waals surface area contributed by atoms with Crippen molar-refractivity contribution in [2.24, 2.45) is 5.92 Å². The number of benzene rings is 1. The van der Waals surface area contributed by atoms with Crippen molar-refractivity contribution in [3.8, 4) is 0 Å². The quantitative estimate of drug-likeness (QED) is 0.622. The molecule has 2 heterocycles. The van der Waals surface area contributed by atoms with E-state index in [0.29, 0.717) is 24.4 Å². The lowest BCUT2D eigenvalue weighted by molar-refractivity contribution is -0.124. The molecule has 6 nitrogen and oxygen atoms in total. The van der Waals surface area contributed by atoms with Crippen LogP contribution >= 0.6 is 0 Å². The Morgan fingerprint density at radius 1 is 1.20 bits per heavy atom. The number of para-hydroxylation sites is 1. The third kappa shape index (κ3) is 4.13. The highest BCUT2D eigenvalue weighted by Crippen LogP contribution is 2.37. The molecule has 0 radical (unpaired) electrons. The number of hydrogen-bond acceptors (Lipinski definition) is 5. The van der Waals surface area contributed by atoms with Gasteiger partial charge in [0, 0.05) is 11.9 Å². The Kier molecular flexibility index (Phi) is 5.65. The molecule has 0 unspecified atom stereocenters. The van der Waals surface area contributed by atoms with Crippen LogP contribution in [0.25, 0.3) is 22.6 Å². The molecule has 0 bridgehead atoms. The lowest BCUT2D eigenvalue weighted by atomic mass is 10.0. The molecular weight excluding hydrogens is 380 g/mol. The second-order valence-electron chi connectivity index (χ2n) is 7.79. The van der Waals surface area contributed by atoms with Crippen molar-refractivity contribution in [1.29, 1.82) is 0 Å². The SMILES string of the molecule is CC(C)CNC(=O)COC(=O)c1c2c(nc3ccccc13)C(=Cc1ccco1)CC2. The van der Waals surface area contributed by atoms with Gasteiger partial charge in [0.05, 0.1) is 23.0 Å². The van der Waals surface area contributed by atoms with Gasteiger partial charge in [-0.3, -0.25) is 4.79 Å². The molecule has 2 aromatic heterocycles. The average Bonchev–Trinajstić information content (AvgIpc) is 3.39. The van der Waals surface area contributed by atoms with Crippen molar-refractivity contribution in [3.05, 3.63) is 65.2 Å². The highest BCUT2D eigenvalue weighted by Gasteiger charge is 2.28. The fourth-order valence-electron chi connectivity index (χ4n) is 3.63. The number of furan rings is 1. The summed E-state index contributed by atoms with van der Waals surface area (Å²) in [6.07, 6.45) is 5.03. The minimum absolute atomic E-state index is 0.300. The molecule has 3 aromatic rings. The van der Waals surface area contributed by atoms with Crippen molar-refractivity contribution in [2.75, 3.05) is 13.2 Å². The Bertz CT molecular complexity index is 1110. The number of carbonyl (C=O) groups is 2. The summed E-state index contributed by atoms with van der Waals surface area (Å²) in [5.41, 5.74) is 3.89. The lowest BCUT2D eigenvalue weighted by Crippen LogP contribution is -2.31. The van der Waals surface area contributed by atoms with E-state index in [0.717, 1.165) is 39.9 Å². The van der Waals surface area contributed by atoms with Crippen LogP contribution in [0.3, 0.4) is 0 Å². The number of carbonyl (C=O) groups excluding carboxylic acids is 2. The van der Waals surface area contributed by atoms with Crippen LogP contribution in [0.4, 0.5) is 0 Å².